The number of aromatic nitrogens is 2. The van der Waals surface area contributed by atoms with Gasteiger partial charge in [0.25, 0.3) is 0 Å². The molecule has 1 aromatic heterocycles. The smallest absolute Gasteiger partial charge is 0.112 e. The Labute approximate surface area is 87.3 Å². The van der Waals surface area contributed by atoms with Gasteiger partial charge in [-0.3, -0.25) is 5.10 Å². The summed E-state index contributed by atoms with van der Waals surface area (Å²) in [6, 6.07) is 9.49. The highest BCUT2D eigenvalue weighted by Gasteiger charge is 2.13. The lowest BCUT2D eigenvalue weighted by atomic mass is 10.1. The molecule has 15 heavy (non-hydrogen) atoms. The van der Waals surface area contributed by atoms with Crippen molar-refractivity contribution in [3.05, 3.63) is 35.5 Å². The lowest BCUT2D eigenvalue weighted by molar-refractivity contribution is 1.05. The number of para-hydroxylation sites is 1. The van der Waals surface area contributed by atoms with Gasteiger partial charge in [0.1, 0.15) is 17.3 Å². The highest BCUT2D eigenvalue weighted by atomic mass is 15.1. The van der Waals surface area contributed by atoms with E-state index in [0.717, 1.165) is 11.3 Å². The Morgan fingerprint density at radius 2 is 2.13 bits per heavy atom. The molecule has 0 aliphatic carbocycles. The molecule has 0 saturated carbocycles. The molecule has 0 aliphatic heterocycles. The van der Waals surface area contributed by atoms with Gasteiger partial charge in [-0.2, -0.15) is 10.4 Å². The van der Waals surface area contributed by atoms with Crippen molar-refractivity contribution in [2.45, 2.75) is 6.92 Å². The van der Waals surface area contributed by atoms with E-state index >= 15 is 0 Å². The number of nitrogens with zero attached hydrogens (tertiary/aromatic N) is 2. The summed E-state index contributed by atoms with van der Waals surface area (Å²) >= 11 is 0. The van der Waals surface area contributed by atoms with E-state index in [0.29, 0.717) is 16.9 Å². The molecule has 0 atom stereocenters. The van der Waals surface area contributed by atoms with Crippen LogP contribution in [0.15, 0.2) is 24.3 Å². The topological polar surface area (TPSA) is 78.5 Å². The molecule has 0 saturated heterocycles. The molecule has 1 heterocycles. The predicted octanol–water partition coefficient (Wildman–Crippen LogP) is 1.84. The Hall–Kier alpha value is -2.28. The molecule has 74 valence electrons. The van der Waals surface area contributed by atoms with Crippen LogP contribution in [0.4, 0.5) is 5.69 Å². The third-order valence-electron chi connectivity index (χ3n) is 2.27. The SMILES string of the molecule is Cc1[nH]nc(-c2ccccc2N)c1C#N. The molecule has 0 radical (unpaired) electrons. The molecule has 4 nitrogen and oxygen atoms in total. The number of aromatic amines is 1. The zero-order valence-corrected chi connectivity index (χ0v) is 8.28. The van der Waals surface area contributed by atoms with Gasteiger partial charge in [-0.15, -0.1) is 0 Å². The van der Waals surface area contributed by atoms with E-state index in [9.17, 15) is 0 Å². The maximum atomic E-state index is 8.99. The predicted molar refractivity (Wildman–Crippen MR) is 57.9 cm³/mol. The zero-order chi connectivity index (χ0) is 10.8. The number of nitriles is 1. The molecular formula is C11H10N4. The van der Waals surface area contributed by atoms with Crippen LogP contribution >= 0.6 is 0 Å². The quantitative estimate of drug-likeness (QED) is 0.686. The van der Waals surface area contributed by atoms with Crippen molar-refractivity contribution in [3.8, 4) is 17.3 Å². The molecule has 1 aromatic carbocycles. The van der Waals surface area contributed by atoms with Crippen molar-refractivity contribution >= 4 is 5.69 Å². The number of nitrogens with one attached hydrogen (secondary N) is 1. The summed E-state index contributed by atoms with van der Waals surface area (Å²) in [7, 11) is 0. The molecule has 0 fully saturated rings. The number of rotatable bonds is 1. The van der Waals surface area contributed by atoms with Gasteiger partial charge in [0, 0.05) is 11.3 Å². The molecule has 0 aliphatic rings. The Morgan fingerprint density at radius 1 is 1.40 bits per heavy atom. The average molecular weight is 198 g/mol. The monoisotopic (exact) mass is 198 g/mol. The fourth-order valence-electron chi connectivity index (χ4n) is 1.47. The van der Waals surface area contributed by atoms with Gasteiger partial charge in [0.15, 0.2) is 0 Å². The largest absolute Gasteiger partial charge is 0.398 e. The van der Waals surface area contributed by atoms with E-state index in [2.05, 4.69) is 16.3 Å². The first-order valence-corrected chi connectivity index (χ1v) is 4.54. The second-order valence-corrected chi connectivity index (χ2v) is 3.27. The highest BCUT2D eigenvalue weighted by molar-refractivity contribution is 5.77. The Balaban J connectivity index is 2.66. The van der Waals surface area contributed by atoms with E-state index in [4.69, 9.17) is 11.0 Å². The van der Waals surface area contributed by atoms with E-state index in [-0.39, 0.29) is 0 Å². The van der Waals surface area contributed by atoms with Crippen molar-refractivity contribution in [3.63, 3.8) is 0 Å². The summed E-state index contributed by atoms with van der Waals surface area (Å²) < 4.78 is 0. The minimum Gasteiger partial charge on any atom is -0.398 e. The van der Waals surface area contributed by atoms with Gasteiger partial charge in [0.2, 0.25) is 0 Å². The number of H-pyrrole nitrogens is 1. The molecule has 3 N–H and O–H groups in total. The van der Waals surface area contributed by atoms with Crippen LogP contribution in [-0.2, 0) is 0 Å². The second kappa shape index (κ2) is 3.46. The van der Waals surface area contributed by atoms with Crippen molar-refractivity contribution < 1.29 is 0 Å². The summed E-state index contributed by atoms with van der Waals surface area (Å²) in [5.74, 6) is 0. The van der Waals surface area contributed by atoms with Gasteiger partial charge in [0.05, 0.1) is 5.69 Å². The van der Waals surface area contributed by atoms with Gasteiger partial charge in [-0.1, -0.05) is 18.2 Å². The number of nitrogen functional groups attached to an aromatic ring is 1. The number of benzene rings is 1. The van der Waals surface area contributed by atoms with Crippen molar-refractivity contribution in [2.75, 3.05) is 5.73 Å². The number of hydrogen-bond donors (Lipinski definition) is 2. The van der Waals surface area contributed by atoms with E-state index in [1.807, 2.05) is 25.1 Å². The van der Waals surface area contributed by atoms with E-state index < -0.39 is 0 Å². The standard InChI is InChI=1S/C11H10N4/c1-7-9(6-12)11(15-14-7)8-4-2-3-5-10(8)13/h2-5H,13H2,1H3,(H,14,15). The summed E-state index contributed by atoms with van der Waals surface area (Å²) in [5.41, 5.74) is 9.17. The number of anilines is 1. The van der Waals surface area contributed by atoms with Gasteiger partial charge in [-0.05, 0) is 13.0 Å². The van der Waals surface area contributed by atoms with Crippen LogP contribution in [0.3, 0.4) is 0 Å². The van der Waals surface area contributed by atoms with Crippen LogP contribution in [0.5, 0.6) is 0 Å². The van der Waals surface area contributed by atoms with Crippen LogP contribution in [-0.4, -0.2) is 10.2 Å². The first-order valence-electron chi connectivity index (χ1n) is 4.54. The van der Waals surface area contributed by atoms with Crippen molar-refractivity contribution in [1.29, 1.82) is 5.26 Å². The number of nitrogens with two attached hydrogens (primary N) is 1. The summed E-state index contributed by atoms with van der Waals surface area (Å²) in [5, 5.41) is 15.9. The summed E-state index contributed by atoms with van der Waals surface area (Å²) in [4.78, 5) is 0. The molecule has 0 amide bonds. The van der Waals surface area contributed by atoms with Gasteiger partial charge < -0.3 is 5.73 Å². The molecule has 0 spiro atoms. The molecule has 0 bridgehead atoms. The first kappa shape index (κ1) is 9.28. The summed E-state index contributed by atoms with van der Waals surface area (Å²) in [6.45, 7) is 1.81. The number of hydrogen-bond acceptors (Lipinski definition) is 3. The minimum atomic E-state index is 0.549. The summed E-state index contributed by atoms with van der Waals surface area (Å²) in [6.07, 6.45) is 0. The van der Waals surface area contributed by atoms with Gasteiger partial charge >= 0.3 is 0 Å². The normalized spacial score (nSPS) is 9.87. The first-order chi connectivity index (χ1) is 7.24. The minimum absolute atomic E-state index is 0.549. The second-order valence-electron chi connectivity index (χ2n) is 3.27. The average Bonchev–Trinajstić information content (AvgIpc) is 2.60. The van der Waals surface area contributed by atoms with Crippen LogP contribution in [0.2, 0.25) is 0 Å². The highest BCUT2D eigenvalue weighted by Crippen LogP contribution is 2.27. The maximum Gasteiger partial charge on any atom is 0.112 e. The van der Waals surface area contributed by atoms with Crippen molar-refractivity contribution in [2.24, 2.45) is 0 Å². The van der Waals surface area contributed by atoms with Crippen LogP contribution in [0.1, 0.15) is 11.3 Å². The Morgan fingerprint density at radius 3 is 2.80 bits per heavy atom. The third kappa shape index (κ3) is 1.44. The lowest BCUT2D eigenvalue weighted by Crippen LogP contribution is -1.91. The fourth-order valence-corrected chi connectivity index (χ4v) is 1.47. The number of aryl methyl sites for hydroxylation is 1. The Kier molecular flexibility index (Phi) is 2.14. The molecular weight excluding hydrogens is 188 g/mol. The van der Waals surface area contributed by atoms with Crippen LogP contribution < -0.4 is 5.73 Å². The lowest BCUT2D eigenvalue weighted by Gasteiger charge is -2.01. The van der Waals surface area contributed by atoms with Crippen molar-refractivity contribution in [1.82, 2.24) is 10.2 Å². The third-order valence-corrected chi connectivity index (χ3v) is 2.27. The maximum absolute atomic E-state index is 8.99. The fraction of sp³-hybridized carbons (Fsp3) is 0.0909. The Bertz CT molecular complexity index is 534. The van der Waals surface area contributed by atoms with E-state index in [1.165, 1.54) is 0 Å². The van der Waals surface area contributed by atoms with Gasteiger partial charge in [-0.25, -0.2) is 0 Å². The molecule has 4 heteroatoms. The van der Waals surface area contributed by atoms with E-state index in [1.54, 1.807) is 6.07 Å². The zero-order valence-electron chi connectivity index (χ0n) is 8.28. The molecule has 2 aromatic rings. The van der Waals surface area contributed by atoms with Crippen LogP contribution in [0.25, 0.3) is 11.3 Å². The molecule has 2 rings (SSSR count). The molecule has 0 unspecified atom stereocenters. The van der Waals surface area contributed by atoms with Crippen LogP contribution in [0, 0.1) is 18.3 Å².